The monoisotopic (exact) mass is 321 g/mol. The van der Waals surface area contributed by atoms with Gasteiger partial charge in [0, 0.05) is 49.6 Å². The maximum atomic E-state index is 14.1. The Morgan fingerprint density at radius 2 is 2.13 bits per heavy atom. The molecule has 1 fully saturated rings. The van der Waals surface area contributed by atoms with Crippen LogP contribution in [0.5, 0.6) is 0 Å². The summed E-state index contributed by atoms with van der Waals surface area (Å²) in [5.74, 6) is -0.874. The molecule has 6 heteroatoms. The van der Waals surface area contributed by atoms with E-state index in [9.17, 15) is 13.9 Å². The lowest BCUT2D eigenvalue weighted by Gasteiger charge is -2.25. The molecule has 0 amide bonds. The first kappa shape index (κ1) is 16.1. The number of β-amino-alcohol motifs (C(OH)–C–C–N with tert-alkyl or cyclic N) is 1. The lowest BCUT2D eigenvalue weighted by Crippen LogP contribution is -2.28. The SMILES string of the molecule is CCn1nccc1CCN1C[C@H](O)C[C@H]1c1cc(F)ccc1F. The number of likely N-dealkylation sites (tertiary alicyclic amines) is 1. The van der Waals surface area contributed by atoms with Gasteiger partial charge in [-0.15, -0.1) is 0 Å². The largest absolute Gasteiger partial charge is 0.392 e. The number of aliphatic hydroxyl groups is 1. The maximum absolute atomic E-state index is 14.1. The number of benzene rings is 1. The van der Waals surface area contributed by atoms with E-state index in [4.69, 9.17) is 0 Å². The summed E-state index contributed by atoms with van der Waals surface area (Å²) in [6.07, 6.45) is 2.43. The predicted molar refractivity (Wildman–Crippen MR) is 82.9 cm³/mol. The van der Waals surface area contributed by atoms with Gasteiger partial charge in [-0.05, 0) is 37.6 Å². The van der Waals surface area contributed by atoms with Crippen LogP contribution < -0.4 is 0 Å². The van der Waals surface area contributed by atoms with Gasteiger partial charge >= 0.3 is 0 Å². The molecule has 1 N–H and O–H groups in total. The summed E-state index contributed by atoms with van der Waals surface area (Å²) >= 11 is 0. The second-order valence-corrected chi connectivity index (χ2v) is 5.95. The standard InChI is InChI=1S/C17H21F2N3O/c1-2-22-13(5-7-20-22)6-8-21-11-14(23)10-17(21)15-9-12(18)3-4-16(15)19/h3-5,7,9,14,17,23H,2,6,8,10-11H2,1H3/t14-,17+/m1/s1. The van der Waals surface area contributed by atoms with Crippen molar-refractivity contribution in [2.75, 3.05) is 13.1 Å². The molecular weight excluding hydrogens is 300 g/mol. The molecule has 4 nitrogen and oxygen atoms in total. The first-order valence-electron chi connectivity index (χ1n) is 7.96. The Morgan fingerprint density at radius 1 is 1.30 bits per heavy atom. The van der Waals surface area contributed by atoms with Gasteiger partial charge < -0.3 is 5.11 Å². The summed E-state index contributed by atoms with van der Waals surface area (Å²) in [6, 6.07) is 5.18. The Labute approximate surface area is 134 Å². The molecular formula is C17H21F2N3O. The molecule has 0 aliphatic carbocycles. The van der Waals surface area contributed by atoms with Crippen LogP contribution in [0.25, 0.3) is 0 Å². The number of hydrogen-bond acceptors (Lipinski definition) is 3. The summed E-state index contributed by atoms with van der Waals surface area (Å²) < 4.78 is 29.5. The molecule has 0 saturated carbocycles. The molecule has 1 aromatic carbocycles. The molecule has 2 aromatic rings. The summed E-state index contributed by atoms with van der Waals surface area (Å²) in [5, 5.41) is 14.2. The third-order valence-electron chi connectivity index (χ3n) is 4.46. The number of aliphatic hydroxyl groups excluding tert-OH is 1. The Bertz CT molecular complexity index is 674. The lowest BCUT2D eigenvalue weighted by atomic mass is 10.0. The molecule has 1 aromatic heterocycles. The van der Waals surface area contributed by atoms with Gasteiger partial charge in [0.1, 0.15) is 11.6 Å². The Morgan fingerprint density at radius 3 is 2.91 bits per heavy atom. The maximum Gasteiger partial charge on any atom is 0.128 e. The van der Waals surface area contributed by atoms with Crippen molar-refractivity contribution >= 4 is 0 Å². The quantitative estimate of drug-likeness (QED) is 0.920. The van der Waals surface area contributed by atoms with E-state index in [1.54, 1.807) is 6.20 Å². The third kappa shape index (κ3) is 3.43. The highest BCUT2D eigenvalue weighted by atomic mass is 19.1. The molecule has 0 bridgehead atoms. The van der Waals surface area contributed by atoms with Crippen LogP contribution in [-0.2, 0) is 13.0 Å². The fourth-order valence-corrected chi connectivity index (χ4v) is 3.34. The van der Waals surface area contributed by atoms with E-state index in [1.807, 2.05) is 22.6 Å². The first-order valence-corrected chi connectivity index (χ1v) is 7.96. The lowest BCUT2D eigenvalue weighted by molar-refractivity contribution is 0.175. The van der Waals surface area contributed by atoms with E-state index in [0.717, 1.165) is 30.8 Å². The zero-order valence-electron chi connectivity index (χ0n) is 13.1. The average molecular weight is 321 g/mol. The summed E-state index contributed by atoms with van der Waals surface area (Å²) in [7, 11) is 0. The van der Waals surface area contributed by atoms with Gasteiger partial charge in [0.2, 0.25) is 0 Å². The van der Waals surface area contributed by atoms with Gasteiger partial charge in [-0.2, -0.15) is 5.10 Å². The number of rotatable bonds is 5. The number of aromatic nitrogens is 2. The molecule has 2 heterocycles. The van der Waals surface area contributed by atoms with Gasteiger partial charge in [0.25, 0.3) is 0 Å². The van der Waals surface area contributed by atoms with Crippen molar-refractivity contribution < 1.29 is 13.9 Å². The van der Waals surface area contributed by atoms with E-state index >= 15 is 0 Å². The van der Waals surface area contributed by atoms with Gasteiger partial charge in [-0.1, -0.05) is 0 Å². The summed E-state index contributed by atoms with van der Waals surface area (Å²) in [6.45, 7) is 3.97. The molecule has 1 aliphatic rings. The normalized spacial score (nSPS) is 21.9. The molecule has 124 valence electrons. The van der Waals surface area contributed by atoms with Crippen LogP contribution in [0.4, 0.5) is 8.78 Å². The molecule has 1 saturated heterocycles. The van der Waals surface area contributed by atoms with Crippen LogP contribution in [0.1, 0.15) is 30.6 Å². The second-order valence-electron chi connectivity index (χ2n) is 5.95. The minimum absolute atomic E-state index is 0.293. The zero-order valence-corrected chi connectivity index (χ0v) is 13.1. The van der Waals surface area contributed by atoms with Gasteiger partial charge in [0.05, 0.1) is 6.10 Å². The van der Waals surface area contributed by atoms with Crippen molar-refractivity contribution in [3.05, 3.63) is 53.4 Å². The molecule has 3 rings (SSSR count). The van der Waals surface area contributed by atoms with Crippen LogP contribution >= 0.6 is 0 Å². The van der Waals surface area contributed by atoms with Crippen molar-refractivity contribution in [2.24, 2.45) is 0 Å². The summed E-state index contributed by atoms with van der Waals surface area (Å²) in [5.41, 5.74) is 1.43. The van der Waals surface area contributed by atoms with Crippen LogP contribution in [0.2, 0.25) is 0 Å². The molecule has 0 unspecified atom stereocenters. The first-order chi connectivity index (χ1) is 11.1. The molecule has 0 radical (unpaired) electrons. The Kier molecular flexibility index (Phi) is 4.73. The Hall–Kier alpha value is -1.79. The smallest absolute Gasteiger partial charge is 0.128 e. The highest BCUT2D eigenvalue weighted by molar-refractivity contribution is 5.24. The van der Waals surface area contributed by atoms with E-state index in [2.05, 4.69) is 5.10 Å². The van der Waals surface area contributed by atoms with Gasteiger partial charge in [-0.25, -0.2) is 8.78 Å². The van der Waals surface area contributed by atoms with E-state index in [1.165, 1.54) is 6.07 Å². The molecule has 2 atom stereocenters. The topological polar surface area (TPSA) is 41.3 Å². The van der Waals surface area contributed by atoms with Crippen molar-refractivity contribution in [1.29, 1.82) is 0 Å². The number of hydrogen-bond donors (Lipinski definition) is 1. The second kappa shape index (κ2) is 6.76. The highest BCUT2D eigenvalue weighted by Gasteiger charge is 2.33. The van der Waals surface area contributed by atoms with Crippen molar-refractivity contribution in [3.8, 4) is 0 Å². The van der Waals surface area contributed by atoms with Crippen molar-refractivity contribution in [2.45, 2.75) is 38.5 Å². The van der Waals surface area contributed by atoms with E-state index < -0.39 is 17.7 Å². The molecule has 0 spiro atoms. The minimum atomic E-state index is -0.515. The fourth-order valence-electron chi connectivity index (χ4n) is 3.34. The average Bonchev–Trinajstić information content (AvgIpc) is 3.13. The predicted octanol–water partition coefficient (Wildman–Crippen LogP) is 2.53. The molecule has 23 heavy (non-hydrogen) atoms. The van der Waals surface area contributed by atoms with E-state index in [0.29, 0.717) is 25.1 Å². The van der Waals surface area contributed by atoms with Crippen LogP contribution in [0.3, 0.4) is 0 Å². The van der Waals surface area contributed by atoms with Crippen LogP contribution in [-0.4, -0.2) is 39.0 Å². The number of aryl methyl sites for hydroxylation is 1. The minimum Gasteiger partial charge on any atom is -0.392 e. The van der Waals surface area contributed by atoms with Crippen LogP contribution in [0.15, 0.2) is 30.5 Å². The Balaban J connectivity index is 1.76. The zero-order chi connectivity index (χ0) is 16.4. The number of nitrogens with zero attached hydrogens (tertiary/aromatic N) is 3. The number of halogens is 2. The third-order valence-corrected chi connectivity index (χ3v) is 4.46. The van der Waals surface area contributed by atoms with Gasteiger partial charge in [0.15, 0.2) is 0 Å². The fraction of sp³-hybridized carbons (Fsp3) is 0.471. The van der Waals surface area contributed by atoms with Crippen LogP contribution in [0, 0.1) is 11.6 Å². The van der Waals surface area contributed by atoms with Crippen molar-refractivity contribution in [3.63, 3.8) is 0 Å². The molecule has 1 aliphatic heterocycles. The van der Waals surface area contributed by atoms with Crippen molar-refractivity contribution in [1.82, 2.24) is 14.7 Å². The van der Waals surface area contributed by atoms with E-state index in [-0.39, 0.29) is 6.04 Å². The summed E-state index contributed by atoms with van der Waals surface area (Å²) in [4.78, 5) is 2.02. The highest BCUT2D eigenvalue weighted by Crippen LogP contribution is 2.34. The van der Waals surface area contributed by atoms with Gasteiger partial charge in [-0.3, -0.25) is 9.58 Å².